The number of aryl methyl sites for hydroxylation is 2. The molecule has 3 heterocycles. The van der Waals surface area contributed by atoms with Crippen LogP contribution in [-0.2, 0) is 11.3 Å². The van der Waals surface area contributed by atoms with Crippen LogP contribution in [-0.4, -0.2) is 22.3 Å². The third kappa shape index (κ3) is 1.77. The van der Waals surface area contributed by atoms with Crippen molar-refractivity contribution in [2.24, 2.45) is 0 Å². The molecule has 0 bridgehead atoms. The van der Waals surface area contributed by atoms with E-state index in [0.717, 1.165) is 13.2 Å². The summed E-state index contributed by atoms with van der Waals surface area (Å²) in [5.41, 5.74) is 5.30. The Hall–Kier alpha value is -2.39. The van der Waals surface area contributed by atoms with E-state index in [1.807, 2.05) is 12.4 Å². The summed E-state index contributed by atoms with van der Waals surface area (Å²) in [5, 5.41) is 5.24. The number of rotatable bonds is 2. The molecule has 0 unspecified atom stereocenters. The van der Waals surface area contributed by atoms with Gasteiger partial charge in [0.25, 0.3) is 0 Å². The third-order valence-electron chi connectivity index (χ3n) is 5.12. The van der Waals surface area contributed by atoms with Gasteiger partial charge in [0.2, 0.25) is 0 Å². The molecule has 114 valence electrons. The minimum Gasteiger partial charge on any atom is -0.371 e. The van der Waals surface area contributed by atoms with Crippen LogP contribution in [0.2, 0.25) is 0 Å². The number of hydrogen-bond donors (Lipinski definition) is 0. The van der Waals surface area contributed by atoms with Gasteiger partial charge in [-0.15, -0.1) is 0 Å². The summed E-state index contributed by atoms with van der Waals surface area (Å²) in [7, 11) is 0. The molecule has 1 saturated heterocycles. The van der Waals surface area contributed by atoms with Crippen molar-refractivity contribution in [2.45, 2.75) is 26.5 Å². The summed E-state index contributed by atoms with van der Waals surface area (Å²) in [6.45, 7) is 6.26. The molecule has 1 aliphatic heterocycles. The fourth-order valence-electron chi connectivity index (χ4n) is 3.92. The van der Waals surface area contributed by atoms with Gasteiger partial charge < -0.3 is 9.30 Å². The van der Waals surface area contributed by atoms with Crippen molar-refractivity contribution in [1.82, 2.24) is 9.55 Å². The number of epoxide rings is 1. The molecule has 0 amide bonds. The highest BCUT2D eigenvalue weighted by Gasteiger charge is 2.26. The molecule has 0 radical (unpaired) electrons. The Bertz CT molecular complexity index is 1070. The molecule has 0 spiro atoms. The van der Waals surface area contributed by atoms with Crippen molar-refractivity contribution >= 4 is 32.6 Å². The van der Waals surface area contributed by atoms with Gasteiger partial charge in [-0.25, -0.2) is 0 Å². The van der Waals surface area contributed by atoms with Crippen molar-refractivity contribution in [3.05, 3.63) is 53.9 Å². The molecule has 23 heavy (non-hydrogen) atoms. The van der Waals surface area contributed by atoms with Crippen LogP contribution < -0.4 is 0 Å². The summed E-state index contributed by atoms with van der Waals surface area (Å²) < 4.78 is 7.96. The van der Waals surface area contributed by atoms with Gasteiger partial charge in [-0.3, -0.25) is 4.98 Å². The van der Waals surface area contributed by atoms with Gasteiger partial charge in [0.05, 0.1) is 24.8 Å². The second-order valence-electron chi connectivity index (χ2n) is 6.48. The normalized spacial score (nSPS) is 17.4. The number of para-hydroxylation sites is 1. The lowest BCUT2D eigenvalue weighted by Gasteiger charge is -2.12. The zero-order valence-corrected chi connectivity index (χ0v) is 13.3. The predicted octanol–water partition coefficient (Wildman–Crippen LogP) is 4.36. The summed E-state index contributed by atoms with van der Waals surface area (Å²) in [6.07, 6.45) is 4.24. The number of pyridine rings is 1. The number of benzene rings is 2. The Balaban J connectivity index is 2.04. The van der Waals surface area contributed by atoms with Gasteiger partial charge in [0, 0.05) is 34.1 Å². The molecule has 0 N–H and O–H groups in total. The largest absolute Gasteiger partial charge is 0.371 e. The first kappa shape index (κ1) is 13.1. The lowest BCUT2D eigenvalue weighted by molar-refractivity contribution is 0.387. The summed E-state index contributed by atoms with van der Waals surface area (Å²) in [6, 6.07) is 10.8. The quantitative estimate of drug-likeness (QED) is 0.515. The van der Waals surface area contributed by atoms with Gasteiger partial charge in [-0.1, -0.05) is 18.2 Å². The van der Waals surface area contributed by atoms with Crippen LogP contribution in [0.15, 0.2) is 42.7 Å². The van der Waals surface area contributed by atoms with E-state index in [4.69, 9.17) is 4.74 Å². The Morgan fingerprint density at radius 1 is 1.09 bits per heavy atom. The Labute approximate surface area is 134 Å². The Morgan fingerprint density at radius 3 is 2.74 bits per heavy atom. The molecular weight excluding hydrogens is 284 g/mol. The first-order chi connectivity index (χ1) is 11.3. The Kier molecular flexibility index (Phi) is 2.59. The summed E-state index contributed by atoms with van der Waals surface area (Å²) in [5.74, 6) is 0. The highest BCUT2D eigenvalue weighted by Crippen LogP contribution is 2.38. The highest BCUT2D eigenvalue weighted by molar-refractivity contribution is 6.16. The molecule has 0 saturated carbocycles. The molecule has 3 heteroatoms. The van der Waals surface area contributed by atoms with Gasteiger partial charge >= 0.3 is 0 Å². The number of hydrogen-bond acceptors (Lipinski definition) is 2. The minimum atomic E-state index is 0.363. The Morgan fingerprint density at radius 2 is 1.91 bits per heavy atom. The number of ether oxygens (including phenoxy) is 1. The fourth-order valence-corrected chi connectivity index (χ4v) is 3.92. The van der Waals surface area contributed by atoms with Gasteiger partial charge in [0.1, 0.15) is 0 Å². The summed E-state index contributed by atoms with van der Waals surface area (Å²) >= 11 is 0. The first-order valence-electron chi connectivity index (χ1n) is 8.11. The second-order valence-corrected chi connectivity index (χ2v) is 6.48. The average Bonchev–Trinajstić information content (AvgIpc) is 3.34. The van der Waals surface area contributed by atoms with Crippen molar-refractivity contribution in [2.75, 3.05) is 6.61 Å². The average molecular weight is 302 g/mol. The lowest BCUT2D eigenvalue weighted by Crippen LogP contribution is -2.04. The number of fused-ring (bicyclic) bond motifs is 4. The highest BCUT2D eigenvalue weighted by atomic mass is 16.6. The predicted molar refractivity (Wildman–Crippen MR) is 94.0 cm³/mol. The fraction of sp³-hybridized carbons (Fsp3) is 0.250. The maximum Gasteiger partial charge on any atom is 0.0988 e. The van der Waals surface area contributed by atoms with E-state index < -0.39 is 0 Å². The molecule has 5 rings (SSSR count). The molecule has 1 fully saturated rings. The van der Waals surface area contributed by atoms with Crippen LogP contribution in [0.4, 0.5) is 0 Å². The van der Waals surface area contributed by atoms with Crippen LogP contribution in [0.1, 0.15) is 11.1 Å². The van der Waals surface area contributed by atoms with E-state index in [-0.39, 0.29) is 0 Å². The minimum absolute atomic E-state index is 0.363. The van der Waals surface area contributed by atoms with Crippen LogP contribution >= 0.6 is 0 Å². The van der Waals surface area contributed by atoms with E-state index in [1.54, 1.807) is 0 Å². The maximum atomic E-state index is 5.51. The van der Waals surface area contributed by atoms with E-state index in [9.17, 15) is 0 Å². The zero-order chi connectivity index (χ0) is 15.6. The molecule has 4 aromatic rings. The van der Waals surface area contributed by atoms with Crippen LogP contribution in [0.3, 0.4) is 0 Å². The van der Waals surface area contributed by atoms with Gasteiger partial charge in [0.15, 0.2) is 0 Å². The molecule has 2 aromatic carbocycles. The zero-order valence-electron chi connectivity index (χ0n) is 13.3. The number of nitrogens with zero attached hydrogens (tertiary/aromatic N) is 2. The SMILES string of the molecule is Cc1c2cnccc2c(C)c2c1c1ccccc1n2C[C@@H]1CO1. The molecular formula is C20H18N2O. The third-order valence-corrected chi connectivity index (χ3v) is 5.12. The molecule has 0 aliphatic carbocycles. The van der Waals surface area contributed by atoms with Gasteiger partial charge in [-0.05, 0) is 42.5 Å². The standard InChI is InChI=1S/C20H18N2O/c1-12-17-9-21-8-7-15(17)13(2)20-19(12)16-5-3-4-6-18(16)22(20)10-14-11-23-14/h3-9,14H,10-11H2,1-2H3/t14-/m1/s1. The molecule has 1 aliphatic rings. The van der Waals surface area contributed by atoms with Crippen LogP contribution in [0.25, 0.3) is 32.6 Å². The topological polar surface area (TPSA) is 30.4 Å². The first-order valence-corrected chi connectivity index (χ1v) is 8.11. The monoisotopic (exact) mass is 302 g/mol. The van der Waals surface area contributed by atoms with Gasteiger partial charge in [-0.2, -0.15) is 0 Å². The smallest absolute Gasteiger partial charge is 0.0988 e. The van der Waals surface area contributed by atoms with Crippen molar-refractivity contribution in [3.8, 4) is 0 Å². The molecule has 3 nitrogen and oxygen atoms in total. The van der Waals surface area contributed by atoms with E-state index in [1.165, 1.54) is 43.7 Å². The van der Waals surface area contributed by atoms with Crippen LogP contribution in [0, 0.1) is 13.8 Å². The molecule has 2 aromatic heterocycles. The van der Waals surface area contributed by atoms with Crippen LogP contribution in [0.5, 0.6) is 0 Å². The van der Waals surface area contributed by atoms with Crippen molar-refractivity contribution < 1.29 is 4.74 Å². The van der Waals surface area contributed by atoms with Crippen molar-refractivity contribution in [3.63, 3.8) is 0 Å². The number of aromatic nitrogens is 2. The van der Waals surface area contributed by atoms with E-state index in [2.05, 4.69) is 53.7 Å². The summed E-state index contributed by atoms with van der Waals surface area (Å²) in [4.78, 5) is 4.34. The second kappa shape index (κ2) is 4.56. The molecule has 1 atom stereocenters. The van der Waals surface area contributed by atoms with E-state index >= 15 is 0 Å². The van der Waals surface area contributed by atoms with Crippen molar-refractivity contribution in [1.29, 1.82) is 0 Å². The van der Waals surface area contributed by atoms with E-state index in [0.29, 0.717) is 6.10 Å². The lowest BCUT2D eigenvalue weighted by atomic mass is 9.97. The maximum absolute atomic E-state index is 5.51.